The smallest absolute Gasteiger partial charge is 0.174 e. The number of carbonyl (C=O) groups excluding carboxylic acids is 1. The first kappa shape index (κ1) is 21.1. The summed E-state index contributed by atoms with van der Waals surface area (Å²) >= 11 is 0. The Bertz CT molecular complexity index is 1090. The van der Waals surface area contributed by atoms with E-state index in [0.29, 0.717) is 35.5 Å². The van der Waals surface area contributed by atoms with Crippen LogP contribution in [-0.2, 0) is 12.8 Å². The zero-order chi connectivity index (χ0) is 22.5. The molecular weight excluding hydrogens is 396 g/mol. The number of aromatic hydroxyl groups is 3. The van der Waals surface area contributed by atoms with Crippen molar-refractivity contribution in [1.29, 1.82) is 0 Å². The molecule has 0 bridgehead atoms. The Hall–Kier alpha value is -3.15. The number of benzene rings is 2. The van der Waals surface area contributed by atoms with Crippen molar-refractivity contribution in [2.45, 2.75) is 65.1 Å². The first-order valence-corrected chi connectivity index (χ1v) is 10.5. The van der Waals surface area contributed by atoms with Crippen LogP contribution in [0, 0.1) is 0 Å². The second-order valence-corrected chi connectivity index (χ2v) is 9.17. The van der Waals surface area contributed by atoms with Gasteiger partial charge in [-0.2, -0.15) is 0 Å². The van der Waals surface area contributed by atoms with Gasteiger partial charge < -0.3 is 24.8 Å². The summed E-state index contributed by atoms with van der Waals surface area (Å²) in [5.74, 6) is 0.133. The average Bonchev–Trinajstić information content (AvgIpc) is 2.68. The van der Waals surface area contributed by atoms with Gasteiger partial charge in [-0.25, -0.2) is 0 Å². The van der Waals surface area contributed by atoms with Gasteiger partial charge in [0, 0.05) is 11.1 Å². The number of fused-ring (bicyclic) bond motifs is 2. The Kier molecular flexibility index (Phi) is 5.12. The van der Waals surface area contributed by atoms with Crippen LogP contribution < -0.4 is 9.47 Å². The quantitative estimate of drug-likeness (QED) is 0.467. The van der Waals surface area contributed by atoms with Gasteiger partial charge >= 0.3 is 0 Å². The molecule has 0 saturated carbocycles. The summed E-state index contributed by atoms with van der Waals surface area (Å²) in [6.45, 7) is 8.01. The maximum absolute atomic E-state index is 13.1. The van der Waals surface area contributed by atoms with Crippen molar-refractivity contribution < 1.29 is 29.6 Å². The lowest BCUT2D eigenvalue weighted by atomic mass is 9.85. The second kappa shape index (κ2) is 7.52. The molecule has 0 fully saturated rings. The fraction of sp³-hybridized carbons (Fsp3) is 0.400. The number of ether oxygens (including phenoxy) is 2. The summed E-state index contributed by atoms with van der Waals surface area (Å²) in [4.78, 5) is 13.1. The van der Waals surface area contributed by atoms with Crippen LogP contribution >= 0.6 is 0 Å². The van der Waals surface area contributed by atoms with Crippen molar-refractivity contribution in [3.8, 4) is 28.7 Å². The lowest BCUT2D eigenvalue weighted by Crippen LogP contribution is -2.34. The normalized spacial score (nSPS) is 19.0. The fourth-order valence-electron chi connectivity index (χ4n) is 4.17. The molecule has 1 atom stereocenters. The van der Waals surface area contributed by atoms with E-state index in [9.17, 15) is 20.1 Å². The molecule has 0 saturated heterocycles. The summed E-state index contributed by atoms with van der Waals surface area (Å²) in [5, 5.41) is 30.5. The minimum absolute atomic E-state index is 0.0258. The van der Waals surface area contributed by atoms with Crippen LogP contribution in [0.4, 0.5) is 0 Å². The third-order valence-corrected chi connectivity index (χ3v) is 5.92. The molecule has 1 unspecified atom stereocenters. The zero-order valence-corrected chi connectivity index (χ0v) is 18.3. The number of hydrogen-bond donors (Lipinski definition) is 3. The number of Topliss-reactive ketones (excluding diaryl/α,β-unsaturated/α-hetero) is 1. The maximum Gasteiger partial charge on any atom is 0.174 e. The van der Waals surface area contributed by atoms with Crippen LogP contribution in [0.1, 0.15) is 73.7 Å². The van der Waals surface area contributed by atoms with E-state index in [2.05, 4.69) is 0 Å². The Labute approximate surface area is 181 Å². The minimum Gasteiger partial charge on any atom is -0.507 e. The summed E-state index contributed by atoms with van der Waals surface area (Å²) in [7, 11) is 0. The predicted octanol–water partition coefficient (Wildman–Crippen LogP) is 5.12. The fourth-order valence-corrected chi connectivity index (χ4v) is 4.17. The molecule has 6 heteroatoms. The number of hydrogen-bond acceptors (Lipinski definition) is 6. The molecular formula is C25H28O6. The number of allylic oxidation sites excluding steroid dienone is 2. The summed E-state index contributed by atoms with van der Waals surface area (Å²) in [6.07, 6.45) is 3.28. The molecule has 0 aromatic heterocycles. The molecule has 3 N–H and O–H groups in total. The van der Waals surface area contributed by atoms with Gasteiger partial charge in [-0.05, 0) is 64.7 Å². The second-order valence-electron chi connectivity index (χ2n) is 9.17. The van der Waals surface area contributed by atoms with E-state index in [1.165, 1.54) is 12.1 Å². The molecule has 164 valence electrons. The van der Waals surface area contributed by atoms with Crippen LogP contribution in [0.15, 0.2) is 29.8 Å². The number of rotatable bonds is 3. The number of phenols is 3. The van der Waals surface area contributed by atoms with E-state index in [1.807, 2.05) is 33.8 Å². The average molecular weight is 424 g/mol. The molecule has 2 aliphatic rings. The van der Waals surface area contributed by atoms with Crippen molar-refractivity contribution in [2.24, 2.45) is 0 Å². The third kappa shape index (κ3) is 3.82. The monoisotopic (exact) mass is 424 g/mol. The van der Waals surface area contributed by atoms with Crippen molar-refractivity contribution in [1.82, 2.24) is 0 Å². The van der Waals surface area contributed by atoms with Gasteiger partial charge in [0.15, 0.2) is 17.3 Å². The highest BCUT2D eigenvalue weighted by molar-refractivity contribution is 6.04. The first-order valence-electron chi connectivity index (χ1n) is 10.5. The molecule has 0 aliphatic carbocycles. The van der Waals surface area contributed by atoms with Gasteiger partial charge in [-0.1, -0.05) is 17.7 Å². The lowest BCUT2D eigenvalue weighted by Gasteiger charge is -2.37. The Morgan fingerprint density at radius 2 is 1.90 bits per heavy atom. The molecule has 0 radical (unpaired) electrons. The third-order valence-electron chi connectivity index (χ3n) is 5.92. The Morgan fingerprint density at radius 1 is 1.16 bits per heavy atom. The van der Waals surface area contributed by atoms with Gasteiger partial charge in [0.05, 0.1) is 6.42 Å². The Balaban J connectivity index is 1.88. The van der Waals surface area contributed by atoms with Crippen LogP contribution in [-0.4, -0.2) is 26.7 Å². The van der Waals surface area contributed by atoms with E-state index < -0.39 is 11.7 Å². The molecule has 31 heavy (non-hydrogen) atoms. The zero-order valence-electron chi connectivity index (χ0n) is 18.3. The minimum atomic E-state index is -0.647. The van der Waals surface area contributed by atoms with Gasteiger partial charge in [0.2, 0.25) is 0 Å². The SMILES string of the molecule is CC(C)=CCc1c2c(c(O)c3c1OC(c1ccc(O)c(O)c1)CC3=O)CCC(C)(C)O2. The molecule has 2 aromatic rings. The van der Waals surface area contributed by atoms with Gasteiger partial charge in [-0.15, -0.1) is 0 Å². The van der Waals surface area contributed by atoms with Gasteiger partial charge in [0.1, 0.15) is 34.5 Å². The molecule has 2 aromatic carbocycles. The lowest BCUT2D eigenvalue weighted by molar-refractivity contribution is 0.0769. The molecule has 2 heterocycles. The van der Waals surface area contributed by atoms with Crippen molar-refractivity contribution in [3.63, 3.8) is 0 Å². The van der Waals surface area contributed by atoms with E-state index >= 15 is 0 Å². The molecule has 4 rings (SSSR count). The maximum atomic E-state index is 13.1. The van der Waals surface area contributed by atoms with Crippen LogP contribution in [0.3, 0.4) is 0 Å². The molecule has 6 nitrogen and oxygen atoms in total. The molecule has 2 aliphatic heterocycles. The Morgan fingerprint density at radius 3 is 2.58 bits per heavy atom. The predicted molar refractivity (Wildman–Crippen MR) is 116 cm³/mol. The van der Waals surface area contributed by atoms with Crippen molar-refractivity contribution in [3.05, 3.63) is 52.1 Å². The number of phenolic OH excluding ortho intramolecular Hbond substituents is 3. The van der Waals surface area contributed by atoms with E-state index in [1.54, 1.807) is 6.07 Å². The van der Waals surface area contributed by atoms with Gasteiger partial charge in [-0.3, -0.25) is 4.79 Å². The highest BCUT2D eigenvalue weighted by Crippen LogP contribution is 2.52. The molecule has 0 spiro atoms. The summed E-state index contributed by atoms with van der Waals surface area (Å²) in [6, 6.07) is 4.38. The van der Waals surface area contributed by atoms with Crippen molar-refractivity contribution in [2.75, 3.05) is 0 Å². The summed E-state index contributed by atoms with van der Waals surface area (Å²) in [5.41, 5.74) is 2.91. The number of carbonyl (C=O) groups is 1. The van der Waals surface area contributed by atoms with Crippen molar-refractivity contribution >= 4 is 5.78 Å². The largest absolute Gasteiger partial charge is 0.507 e. The van der Waals surface area contributed by atoms with Gasteiger partial charge in [0.25, 0.3) is 0 Å². The van der Waals surface area contributed by atoms with Crippen LogP contribution in [0.2, 0.25) is 0 Å². The van der Waals surface area contributed by atoms with Crippen LogP contribution in [0.25, 0.3) is 0 Å². The van der Waals surface area contributed by atoms with Crippen LogP contribution in [0.5, 0.6) is 28.7 Å². The number of ketones is 1. The summed E-state index contributed by atoms with van der Waals surface area (Å²) < 4.78 is 12.6. The standard InChI is InChI=1S/C25H28O6/c1-13(2)5-7-16-23-15(9-10-25(3,4)31-23)22(29)21-19(28)12-20(30-24(16)21)14-6-8-17(26)18(27)11-14/h5-6,8,11,20,26-27,29H,7,9-10,12H2,1-4H3. The molecule has 0 amide bonds. The highest BCUT2D eigenvalue weighted by atomic mass is 16.5. The van der Waals surface area contributed by atoms with E-state index in [0.717, 1.165) is 17.6 Å². The first-order chi connectivity index (χ1) is 14.6. The highest BCUT2D eigenvalue weighted by Gasteiger charge is 2.39. The van der Waals surface area contributed by atoms with E-state index in [-0.39, 0.29) is 35.0 Å². The topological polar surface area (TPSA) is 96.2 Å². The van der Waals surface area contributed by atoms with E-state index in [4.69, 9.17) is 9.47 Å².